The summed E-state index contributed by atoms with van der Waals surface area (Å²) >= 11 is 5.53. The highest BCUT2D eigenvalue weighted by Gasteiger charge is 2.05. The van der Waals surface area contributed by atoms with E-state index in [9.17, 15) is 4.79 Å². The van der Waals surface area contributed by atoms with E-state index in [1.807, 2.05) is 19.9 Å². The molecular weight excluding hydrogens is 290 g/mol. The molecule has 0 fully saturated rings. The summed E-state index contributed by atoms with van der Waals surface area (Å²) in [4.78, 5) is 19.9. The zero-order chi connectivity index (χ0) is 15.2. The number of aromatic nitrogens is 2. The first-order chi connectivity index (χ1) is 10.1. The number of aryl methyl sites for hydroxylation is 2. The van der Waals surface area contributed by atoms with Crippen LogP contribution in [-0.4, -0.2) is 21.8 Å². The Balaban J connectivity index is 2.12. The standard InChI is InChI=1S/C15H16ClN3O2/c1-10-8-11(2)18-15(17-10)21-13-5-3-4-12(9-13)19-14(20)6-7-16/h3-5,8-9H,6-7H2,1-2H3,(H,19,20). The van der Waals surface area contributed by atoms with Crippen molar-refractivity contribution in [2.24, 2.45) is 0 Å². The van der Waals surface area contributed by atoms with Gasteiger partial charge in [-0.05, 0) is 32.0 Å². The van der Waals surface area contributed by atoms with Crippen molar-refractivity contribution < 1.29 is 9.53 Å². The van der Waals surface area contributed by atoms with E-state index >= 15 is 0 Å². The lowest BCUT2D eigenvalue weighted by Gasteiger charge is -2.08. The van der Waals surface area contributed by atoms with E-state index in [4.69, 9.17) is 16.3 Å². The van der Waals surface area contributed by atoms with Crippen LogP contribution in [0.2, 0.25) is 0 Å². The Hall–Kier alpha value is -2.14. The minimum absolute atomic E-state index is 0.134. The van der Waals surface area contributed by atoms with Gasteiger partial charge in [0.15, 0.2) is 0 Å². The lowest BCUT2D eigenvalue weighted by molar-refractivity contribution is -0.115. The van der Waals surface area contributed by atoms with Crippen LogP contribution in [-0.2, 0) is 4.79 Å². The van der Waals surface area contributed by atoms with Crippen LogP contribution >= 0.6 is 11.6 Å². The van der Waals surface area contributed by atoms with Gasteiger partial charge in [0.1, 0.15) is 5.75 Å². The van der Waals surface area contributed by atoms with Crippen molar-refractivity contribution in [1.29, 1.82) is 0 Å². The summed E-state index contributed by atoms with van der Waals surface area (Å²) in [6.45, 7) is 3.76. The van der Waals surface area contributed by atoms with Gasteiger partial charge in [-0.2, -0.15) is 0 Å². The number of nitrogens with one attached hydrogen (secondary N) is 1. The van der Waals surface area contributed by atoms with Gasteiger partial charge in [-0.3, -0.25) is 4.79 Å². The first kappa shape index (κ1) is 15.3. The number of alkyl halides is 1. The lowest BCUT2D eigenvalue weighted by Crippen LogP contribution is -2.11. The topological polar surface area (TPSA) is 64.1 Å². The number of halogens is 1. The first-order valence-corrected chi connectivity index (χ1v) is 7.06. The molecule has 6 heteroatoms. The molecule has 0 saturated heterocycles. The molecule has 1 amide bonds. The predicted molar refractivity (Wildman–Crippen MR) is 82.0 cm³/mol. The van der Waals surface area contributed by atoms with Crippen LogP contribution in [0.5, 0.6) is 11.8 Å². The highest BCUT2D eigenvalue weighted by molar-refractivity contribution is 6.19. The Bertz CT molecular complexity index is 626. The zero-order valence-corrected chi connectivity index (χ0v) is 12.6. The molecule has 1 aromatic heterocycles. The molecule has 0 bridgehead atoms. The molecule has 5 nitrogen and oxygen atoms in total. The van der Waals surface area contributed by atoms with Crippen LogP contribution < -0.4 is 10.1 Å². The summed E-state index contributed by atoms with van der Waals surface area (Å²) in [6, 6.07) is 9.22. The summed E-state index contributed by atoms with van der Waals surface area (Å²) < 4.78 is 5.62. The summed E-state index contributed by atoms with van der Waals surface area (Å²) in [5, 5.41) is 2.75. The predicted octanol–water partition coefficient (Wildman–Crippen LogP) is 3.45. The zero-order valence-electron chi connectivity index (χ0n) is 11.9. The number of carbonyl (C=O) groups is 1. The second-order valence-corrected chi connectivity index (χ2v) is 4.93. The maximum Gasteiger partial charge on any atom is 0.322 e. The van der Waals surface area contributed by atoms with Crippen LogP contribution in [0.1, 0.15) is 17.8 Å². The third-order valence-electron chi connectivity index (χ3n) is 2.61. The average molecular weight is 306 g/mol. The van der Waals surface area contributed by atoms with E-state index in [1.165, 1.54) is 0 Å². The van der Waals surface area contributed by atoms with Crippen molar-refractivity contribution in [3.05, 3.63) is 41.7 Å². The number of carbonyl (C=O) groups excluding carboxylic acids is 1. The number of nitrogens with zero attached hydrogens (tertiary/aromatic N) is 2. The lowest BCUT2D eigenvalue weighted by atomic mass is 10.3. The van der Waals surface area contributed by atoms with Crippen molar-refractivity contribution in [2.75, 3.05) is 11.2 Å². The fourth-order valence-corrected chi connectivity index (χ4v) is 1.96. The fraction of sp³-hybridized carbons (Fsp3) is 0.267. The van der Waals surface area contributed by atoms with E-state index in [1.54, 1.807) is 24.3 Å². The number of rotatable bonds is 5. The van der Waals surface area contributed by atoms with Crippen molar-refractivity contribution in [3.63, 3.8) is 0 Å². The van der Waals surface area contributed by atoms with Gasteiger partial charge in [0.25, 0.3) is 0 Å². The van der Waals surface area contributed by atoms with Crippen LogP contribution in [0.15, 0.2) is 30.3 Å². The van der Waals surface area contributed by atoms with E-state index in [0.717, 1.165) is 11.4 Å². The van der Waals surface area contributed by atoms with Crippen LogP contribution in [0.25, 0.3) is 0 Å². The SMILES string of the molecule is Cc1cc(C)nc(Oc2cccc(NC(=O)CCCl)c2)n1. The molecule has 0 aliphatic carbocycles. The monoisotopic (exact) mass is 305 g/mol. The van der Waals surface area contributed by atoms with Gasteiger partial charge in [-0.25, -0.2) is 9.97 Å². The van der Waals surface area contributed by atoms with Crippen molar-refractivity contribution >= 4 is 23.2 Å². The number of anilines is 1. The highest BCUT2D eigenvalue weighted by Crippen LogP contribution is 2.22. The molecule has 0 unspecified atom stereocenters. The van der Waals surface area contributed by atoms with Gasteiger partial charge in [-0.1, -0.05) is 6.07 Å². The van der Waals surface area contributed by atoms with Crippen LogP contribution in [0, 0.1) is 13.8 Å². The minimum atomic E-state index is -0.134. The van der Waals surface area contributed by atoms with Gasteiger partial charge in [0.2, 0.25) is 5.91 Å². The number of ether oxygens (including phenoxy) is 1. The molecule has 110 valence electrons. The number of hydrogen-bond acceptors (Lipinski definition) is 4. The molecule has 2 rings (SSSR count). The molecule has 0 spiro atoms. The third-order valence-corrected chi connectivity index (χ3v) is 2.80. The van der Waals surface area contributed by atoms with Gasteiger partial charge in [0, 0.05) is 35.4 Å². The summed E-state index contributed by atoms with van der Waals surface area (Å²) in [5.74, 6) is 0.715. The number of benzene rings is 1. The minimum Gasteiger partial charge on any atom is -0.424 e. The molecule has 1 N–H and O–H groups in total. The van der Waals surface area contributed by atoms with E-state index in [-0.39, 0.29) is 18.3 Å². The Morgan fingerprint density at radius 3 is 2.62 bits per heavy atom. The normalized spacial score (nSPS) is 10.2. The van der Waals surface area contributed by atoms with Gasteiger partial charge in [0.05, 0.1) is 0 Å². The number of hydrogen-bond donors (Lipinski definition) is 1. The number of amides is 1. The molecule has 0 saturated carbocycles. The van der Waals surface area contributed by atoms with Gasteiger partial charge < -0.3 is 10.1 Å². The van der Waals surface area contributed by atoms with Crippen LogP contribution in [0.3, 0.4) is 0 Å². The summed E-state index contributed by atoms with van der Waals surface area (Å²) in [5.41, 5.74) is 2.32. The molecule has 0 radical (unpaired) electrons. The largest absolute Gasteiger partial charge is 0.424 e. The van der Waals surface area contributed by atoms with Crippen LogP contribution in [0.4, 0.5) is 5.69 Å². The molecule has 0 aliphatic rings. The maximum absolute atomic E-state index is 11.5. The molecule has 2 aromatic rings. The van der Waals surface area contributed by atoms with Crippen molar-refractivity contribution in [1.82, 2.24) is 9.97 Å². The van der Waals surface area contributed by atoms with E-state index in [0.29, 0.717) is 17.3 Å². The third kappa shape index (κ3) is 4.72. The molecule has 1 aromatic carbocycles. The first-order valence-electron chi connectivity index (χ1n) is 6.53. The Morgan fingerprint density at radius 1 is 1.24 bits per heavy atom. The molecular formula is C15H16ClN3O2. The fourth-order valence-electron chi connectivity index (χ4n) is 1.79. The molecule has 0 aliphatic heterocycles. The van der Waals surface area contributed by atoms with Gasteiger partial charge >= 0.3 is 6.01 Å². The van der Waals surface area contributed by atoms with Crippen molar-refractivity contribution in [3.8, 4) is 11.8 Å². The maximum atomic E-state index is 11.5. The molecule has 0 atom stereocenters. The smallest absolute Gasteiger partial charge is 0.322 e. The Kier molecular flexibility index (Phi) is 5.11. The molecule has 21 heavy (non-hydrogen) atoms. The Morgan fingerprint density at radius 2 is 1.95 bits per heavy atom. The second-order valence-electron chi connectivity index (χ2n) is 4.55. The summed E-state index contributed by atoms with van der Waals surface area (Å²) in [7, 11) is 0. The van der Waals surface area contributed by atoms with E-state index < -0.39 is 0 Å². The quantitative estimate of drug-likeness (QED) is 0.859. The molecule has 1 heterocycles. The van der Waals surface area contributed by atoms with Crippen molar-refractivity contribution in [2.45, 2.75) is 20.3 Å². The second kappa shape index (κ2) is 7.04. The highest BCUT2D eigenvalue weighted by atomic mass is 35.5. The van der Waals surface area contributed by atoms with E-state index in [2.05, 4.69) is 15.3 Å². The van der Waals surface area contributed by atoms with Gasteiger partial charge in [-0.15, -0.1) is 11.6 Å². The Labute approximate surface area is 128 Å². The summed E-state index contributed by atoms with van der Waals surface area (Å²) in [6.07, 6.45) is 0.271. The average Bonchev–Trinajstić information content (AvgIpc) is 2.37.